The molecule has 1 atom stereocenters. The van der Waals surface area contributed by atoms with Crippen LogP contribution in [-0.2, 0) is 7.05 Å². The maximum absolute atomic E-state index is 12.7. The molecule has 1 saturated heterocycles. The first-order valence-corrected chi connectivity index (χ1v) is 6.84. The van der Waals surface area contributed by atoms with Crippen LogP contribution in [0.2, 0.25) is 0 Å². The van der Waals surface area contributed by atoms with Crippen molar-refractivity contribution in [2.75, 3.05) is 13.1 Å². The van der Waals surface area contributed by atoms with E-state index in [1.807, 2.05) is 7.05 Å². The number of hydrogen-bond acceptors (Lipinski definition) is 4. The van der Waals surface area contributed by atoms with Gasteiger partial charge in [0.25, 0.3) is 5.91 Å². The van der Waals surface area contributed by atoms with Gasteiger partial charge in [0.15, 0.2) is 5.65 Å². The van der Waals surface area contributed by atoms with Crippen molar-refractivity contribution < 1.29 is 9.90 Å². The average Bonchev–Trinajstić information content (AvgIpc) is 3.03. The minimum absolute atomic E-state index is 0.0219. The number of β-amino-alcohol motifs (C(OH)–C–C–N with tert-alkyl or cyclic N) is 1. The number of likely N-dealkylation sites (tertiary alicyclic amines) is 1. The van der Waals surface area contributed by atoms with E-state index in [1.54, 1.807) is 28.1 Å². The van der Waals surface area contributed by atoms with Gasteiger partial charge in [0.05, 0.1) is 18.0 Å². The van der Waals surface area contributed by atoms with E-state index >= 15 is 0 Å². The lowest BCUT2D eigenvalue weighted by atomic mass is 10.0. The summed E-state index contributed by atoms with van der Waals surface area (Å²) < 4.78 is 1.80. The summed E-state index contributed by atoms with van der Waals surface area (Å²) in [6, 6.07) is 1.71. The number of amides is 1. The van der Waals surface area contributed by atoms with Crippen molar-refractivity contribution in [2.45, 2.75) is 18.9 Å². The van der Waals surface area contributed by atoms with Crippen molar-refractivity contribution in [1.29, 1.82) is 0 Å². The van der Waals surface area contributed by atoms with Gasteiger partial charge in [0.1, 0.15) is 5.52 Å². The van der Waals surface area contributed by atoms with E-state index in [0.717, 1.165) is 12.8 Å². The van der Waals surface area contributed by atoms with Crippen molar-refractivity contribution in [3.8, 4) is 0 Å². The molecule has 1 amide bonds. The molecular weight excluding hydrogens is 256 g/mol. The maximum Gasteiger partial charge on any atom is 0.256 e. The molecule has 0 radical (unpaired) electrons. The molecule has 2 aliphatic rings. The molecule has 1 spiro atoms. The monoisotopic (exact) mass is 272 g/mol. The van der Waals surface area contributed by atoms with E-state index in [2.05, 4.69) is 9.97 Å². The number of fused-ring (bicyclic) bond motifs is 1. The van der Waals surface area contributed by atoms with Crippen LogP contribution >= 0.6 is 0 Å². The van der Waals surface area contributed by atoms with Gasteiger partial charge in [-0.1, -0.05) is 0 Å². The minimum atomic E-state index is -0.382. The molecule has 3 heterocycles. The van der Waals surface area contributed by atoms with Crippen molar-refractivity contribution in [3.63, 3.8) is 0 Å². The van der Waals surface area contributed by atoms with Crippen LogP contribution in [0.15, 0.2) is 18.6 Å². The van der Waals surface area contributed by atoms with Crippen LogP contribution in [0.4, 0.5) is 0 Å². The number of nitrogens with zero attached hydrogens (tertiary/aromatic N) is 4. The van der Waals surface area contributed by atoms with Crippen molar-refractivity contribution in [2.24, 2.45) is 12.5 Å². The lowest BCUT2D eigenvalue weighted by Gasteiger charge is -2.16. The SMILES string of the molecule is Cn1cnc2c(C(=O)N3CC(O)C4(CC4)C3)ccnc21. The molecule has 0 bridgehead atoms. The highest BCUT2D eigenvalue weighted by Gasteiger charge is 2.55. The van der Waals surface area contributed by atoms with E-state index in [9.17, 15) is 9.90 Å². The average molecular weight is 272 g/mol. The second-order valence-electron chi connectivity index (χ2n) is 5.95. The largest absolute Gasteiger partial charge is 0.391 e. The molecule has 20 heavy (non-hydrogen) atoms. The van der Waals surface area contributed by atoms with Crippen LogP contribution in [0.1, 0.15) is 23.2 Å². The Morgan fingerprint density at radius 3 is 2.95 bits per heavy atom. The summed E-state index contributed by atoms with van der Waals surface area (Å²) in [6.07, 6.45) is 4.96. The maximum atomic E-state index is 12.7. The Labute approximate surface area is 116 Å². The zero-order valence-corrected chi connectivity index (χ0v) is 11.3. The van der Waals surface area contributed by atoms with Crippen LogP contribution in [0.3, 0.4) is 0 Å². The van der Waals surface area contributed by atoms with E-state index in [1.165, 1.54) is 0 Å². The summed E-state index contributed by atoms with van der Waals surface area (Å²) in [5.41, 5.74) is 1.88. The zero-order chi connectivity index (χ0) is 13.9. The van der Waals surface area contributed by atoms with Gasteiger partial charge in [-0.05, 0) is 18.9 Å². The highest BCUT2D eigenvalue weighted by Crippen LogP contribution is 2.52. The molecule has 2 aromatic heterocycles. The Morgan fingerprint density at radius 2 is 2.25 bits per heavy atom. The molecule has 6 nitrogen and oxygen atoms in total. The lowest BCUT2D eigenvalue weighted by molar-refractivity contribution is 0.0766. The second-order valence-corrected chi connectivity index (χ2v) is 5.95. The number of aryl methyl sites for hydroxylation is 1. The smallest absolute Gasteiger partial charge is 0.256 e. The molecular formula is C14H16N4O2. The first-order chi connectivity index (χ1) is 9.61. The molecule has 2 aromatic rings. The number of hydrogen-bond donors (Lipinski definition) is 1. The third kappa shape index (κ3) is 1.51. The number of carbonyl (C=O) groups is 1. The van der Waals surface area contributed by atoms with Crippen LogP contribution in [0.5, 0.6) is 0 Å². The Hall–Kier alpha value is -1.95. The number of imidazole rings is 1. The second kappa shape index (κ2) is 3.79. The van der Waals surface area contributed by atoms with Gasteiger partial charge < -0.3 is 14.6 Å². The van der Waals surface area contributed by atoms with Gasteiger partial charge in [-0.25, -0.2) is 9.97 Å². The molecule has 1 unspecified atom stereocenters. The molecule has 4 rings (SSSR count). The Bertz CT molecular complexity index is 704. The Balaban J connectivity index is 1.71. The van der Waals surface area contributed by atoms with Crippen molar-refractivity contribution in [1.82, 2.24) is 19.4 Å². The van der Waals surface area contributed by atoms with Crippen molar-refractivity contribution in [3.05, 3.63) is 24.2 Å². The number of pyridine rings is 1. The standard InChI is InChI=1S/C14H16N4O2/c1-17-8-16-11-9(2-5-15-12(11)17)13(20)18-6-10(19)14(7-18)3-4-14/h2,5,8,10,19H,3-4,6-7H2,1H3. The summed E-state index contributed by atoms with van der Waals surface area (Å²) in [5, 5.41) is 10.1. The molecule has 1 N–H and O–H groups in total. The molecule has 0 aromatic carbocycles. The number of aromatic nitrogens is 3. The highest BCUT2D eigenvalue weighted by atomic mass is 16.3. The van der Waals surface area contributed by atoms with Gasteiger partial charge in [-0.2, -0.15) is 0 Å². The predicted octanol–water partition coefficient (Wildman–Crippen LogP) is 0.565. The molecule has 1 aliphatic carbocycles. The van der Waals surface area contributed by atoms with Gasteiger partial charge in [-0.15, -0.1) is 0 Å². The van der Waals surface area contributed by atoms with Crippen LogP contribution < -0.4 is 0 Å². The fourth-order valence-electron chi connectivity index (χ4n) is 3.13. The third-order valence-corrected chi connectivity index (χ3v) is 4.61. The van der Waals surface area contributed by atoms with Gasteiger partial charge in [-0.3, -0.25) is 4.79 Å². The van der Waals surface area contributed by atoms with Gasteiger partial charge >= 0.3 is 0 Å². The topological polar surface area (TPSA) is 71.2 Å². The predicted molar refractivity (Wildman–Crippen MR) is 72.1 cm³/mol. The van der Waals surface area contributed by atoms with E-state index < -0.39 is 0 Å². The molecule has 1 aliphatic heterocycles. The fourth-order valence-corrected chi connectivity index (χ4v) is 3.13. The summed E-state index contributed by atoms with van der Waals surface area (Å²) in [6.45, 7) is 1.08. The molecule has 2 fully saturated rings. The third-order valence-electron chi connectivity index (χ3n) is 4.61. The minimum Gasteiger partial charge on any atom is -0.391 e. The molecule has 6 heteroatoms. The molecule has 104 valence electrons. The Kier molecular flexibility index (Phi) is 2.24. The molecule has 1 saturated carbocycles. The number of rotatable bonds is 1. The Morgan fingerprint density at radius 1 is 1.45 bits per heavy atom. The summed E-state index contributed by atoms with van der Waals surface area (Å²) in [4.78, 5) is 22.9. The highest BCUT2D eigenvalue weighted by molar-refractivity contribution is 6.04. The van der Waals surface area contributed by atoms with Crippen molar-refractivity contribution >= 4 is 17.1 Å². The first kappa shape index (κ1) is 11.8. The van der Waals surface area contributed by atoms with Gasteiger partial charge in [0.2, 0.25) is 0 Å². The summed E-state index contributed by atoms with van der Waals surface area (Å²) >= 11 is 0. The lowest BCUT2D eigenvalue weighted by Crippen LogP contribution is -2.29. The van der Waals surface area contributed by atoms with E-state index in [0.29, 0.717) is 29.8 Å². The van der Waals surface area contributed by atoms with Crippen LogP contribution in [0, 0.1) is 5.41 Å². The van der Waals surface area contributed by atoms with E-state index in [4.69, 9.17) is 0 Å². The van der Waals surface area contributed by atoms with Crippen LogP contribution in [0.25, 0.3) is 11.2 Å². The quantitative estimate of drug-likeness (QED) is 0.823. The van der Waals surface area contributed by atoms with Crippen LogP contribution in [-0.4, -0.2) is 49.6 Å². The number of aliphatic hydroxyl groups excluding tert-OH is 1. The van der Waals surface area contributed by atoms with E-state index in [-0.39, 0.29) is 17.4 Å². The number of aliphatic hydroxyl groups is 1. The first-order valence-electron chi connectivity index (χ1n) is 6.84. The summed E-state index contributed by atoms with van der Waals surface area (Å²) in [7, 11) is 1.86. The fraction of sp³-hybridized carbons (Fsp3) is 0.500. The normalized spacial score (nSPS) is 23.7. The number of carbonyl (C=O) groups excluding carboxylic acids is 1. The zero-order valence-electron chi connectivity index (χ0n) is 11.3. The van der Waals surface area contributed by atoms with Gasteiger partial charge in [0, 0.05) is 31.7 Å². The summed E-state index contributed by atoms with van der Waals surface area (Å²) in [5.74, 6) is -0.0566.